The molecule has 15 nitrogen and oxygen atoms in total. The fourth-order valence-corrected chi connectivity index (χ4v) is 1.96. The number of hydrogen-bond acceptors (Lipinski definition) is 15. The van der Waals surface area contributed by atoms with Gasteiger partial charge in [0, 0.05) is 11.6 Å². The first-order valence-electron chi connectivity index (χ1n) is 9.21. The summed E-state index contributed by atoms with van der Waals surface area (Å²) in [6.45, 7) is -2.93. The summed E-state index contributed by atoms with van der Waals surface area (Å²) in [7, 11) is 1.07. The molecule has 6 N–H and O–H groups in total. The van der Waals surface area contributed by atoms with Crippen molar-refractivity contribution >= 4 is 59.5 Å². The zero-order valence-corrected chi connectivity index (χ0v) is 17.5. The van der Waals surface area contributed by atoms with Gasteiger partial charge in [0.15, 0.2) is 29.8 Å². The zero-order valence-electron chi connectivity index (χ0n) is 17.5. The number of esters is 2. The van der Waals surface area contributed by atoms with Gasteiger partial charge in [0.25, 0.3) is 0 Å². The Morgan fingerprint density at radius 2 is 1.31 bits per heavy atom. The quantitative estimate of drug-likeness (QED) is 0.0411. The predicted molar refractivity (Wildman–Crippen MR) is 112 cm³/mol. The number of ether oxygens (including phenoxy) is 3. The molecular weight excluding hydrogens is 491 g/mol. The Kier molecular flexibility index (Phi) is 14.9. The van der Waals surface area contributed by atoms with Crippen molar-refractivity contribution in [3.63, 3.8) is 0 Å². The molecule has 190 valence electrons. The number of aliphatic hydroxyl groups is 6. The van der Waals surface area contributed by atoms with Gasteiger partial charge in [-0.05, 0) is 18.2 Å². The summed E-state index contributed by atoms with van der Waals surface area (Å²) in [4.78, 5) is 54.8. The van der Waals surface area contributed by atoms with E-state index in [0.29, 0.717) is 6.08 Å². The van der Waals surface area contributed by atoms with Crippen molar-refractivity contribution in [3.8, 4) is 17.2 Å². The molecule has 0 bridgehead atoms. The second-order valence-corrected chi connectivity index (χ2v) is 6.09. The molecule has 0 aromatic heterocycles. The summed E-state index contributed by atoms with van der Waals surface area (Å²) >= 11 is 0. The molecule has 0 saturated carbocycles. The van der Waals surface area contributed by atoms with E-state index in [1.54, 1.807) is 0 Å². The monoisotopic (exact) mass is 514 g/mol. The molecule has 0 saturated heterocycles. The van der Waals surface area contributed by atoms with Gasteiger partial charge in [-0.2, -0.15) is 0 Å². The van der Waals surface area contributed by atoms with Gasteiger partial charge in [0.2, 0.25) is 5.75 Å². The van der Waals surface area contributed by atoms with Gasteiger partial charge in [-0.3, -0.25) is 0 Å². The summed E-state index contributed by atoms with van der Waals surface area (Å²) in [5.74, 6) is -6.71. The van der Waals surface area contributed by atoms with E-state index in [4.69, 9.17) is 34.6 Å². The third-order valence-corrected chi connectivity index (χ3v) is 3.66. The van der Waals surface area contributed by atoms with E-state index >= 15 is 0 Å². The van der Waals surface area contributed by atoms with E-state index in [-0.39, 0.29) is 35.1 Å². The van der Waals surface area contributed by atoms with Gasteiger partial charge >= 0.3 is 53.4 Å². The second kappa shape index (κ2) is 16.1. The maximum atomic E-state index is 12.0. The third-order valence-electron chi connectivity index (χ3n) is 3.66. The molecule has 0 aliphatic heterocycles. The average molecular weight is 514 g/mol. The van der Waals surface area contributed by atoms with Crippen molar-refractivity contribution in [3.05, 3.63) is 23.8 Å². The Balaban J connectivity index is 0.0000116. The molecule has 0 aliphatic rings. The standard InChI is InChI=1S/C19H22O15.Na.H/c1-30-16-13(31-17(27)10(23)6-20)4-2-9(15(16)32-18(28)11(24)7-21)3-5-14(26)33-34-19(29)12(25)8-22;;/h2-5,10-12,20-25H,6-8H2,1H3;;. The van der Waals surface area contributed by atoms with E-state index in [9.17, 15) is 29.4 Å². The maximum absolute atomic E-state index is 12.0. The fourth-order valence-electron chi connectivity index (χ4n) is 1.96. The first kappa shape index (κ1) is 32.4. The third kappa shape index (κ3) is 9.88. The molecule has 16 heteroatoms. The number of hydrogen-bond donors (Lipinski definition) is 6. The Hall–Kier alpha value is -2.60. The zero-order chi connectivity index (χ0) is 25.8. The number of methoxy groups -OCH3 is 1. The van der Waals surface area contributed by atoms with Crippen LogP contribution < -0.4 is 14.2 Å². The Bertz CT molecular complexity index is 916. The van der Waals surface area contributed by atoms with E-state index in [1.807, 2.05) is 0 Å². The van der Waals surface area contributed by atoms with Crippen LogP contribution in [0.4, 0.5) is 0 Å². The molecule has 1 rings (SSSR count). The molecule has 1 aromatic carbocycles. The van der Waals surface area contributed by atoms with Crippen LogP contribution in [0.5, 0.6) is 17.2 Å². The topological polar surface area (TPSA) is 236 Å². The van der Waals surface area contributed by atoms with E-state index in [0.717, 1.165) is 25.3 Å². The van der Waals surface area contributed by atoms with Crippen LogP contribution in [0.15, 0.2) is 18.2 Å². The predicted octanol–water partition coefficient (Wildman–Crippen LogP) is -4.07. The Morgan fingerprint density at radius 3 is 1.83 bits per heavy atom. The molecule has 1 aromatic rings. The number of carbonyl (C=O) groups is 4. The van der Waals surface area contributed by atoms with Crippen LogP contribution in [0.2, 0.25) is 0 Å². The number of benzene rings is 1. The van der Waals surface area contributed by atoms with Gasteiger partial charge in [0.1, 0.15) is 0 Å². The van der Waals surface area contributed by atoms with Crippen LogP contribution in [0, 0.1) is 0 Å². The normalized spacial score (nSPS) is 13.1. The first-order valence-corrected chi connectivity index (χ1v) is 9.21. The van der Waals surface area contributed by atoms with Crippen molar-refractivity contribution in [1.29, 1.82) is 0 Å². The fraction of sp³-hybridized carbons (Fsp3) is 0.368. The number of rotatable bonds is 11. The average Bonchev–Trinajstić information content (AvgIpc) is 2.84. The SMILES string of the molecule is COc1c(OC(=O)C(O)CO)ccc(C=CC(=O)OOC(=O)C(O)CO)c1OC(=O)C(O)CO.[NaH]. The molecule has 3 atom stereocenters. The Morgan fingerprint density at radius 1 is 0.800 bits per heavy atom. The van der Waals surface area contributed by atoms with Crippen LogP contribution in [-0.4, -0.2) is 129 Å². The van der Waals surface area contributed by atoms with Gasteiger partial charge in [-0.1, -0.05) is 0 Å². The molecule has 0 amide bonds. The molecule has 0 fully saturated rings. The molecule has 0 radical (unpaired) electrons. The molecular formula is C19H23NaO15. The van der Waals surface area contributed by atoms with Crippen molar-refractivity contribution in [1.82, 2.24) is 0 Å². The summed E-state index contributed by atoms with van der Waals surface area (Å²) in [6.07, 6.45) is -4.17. The van der Waals surface area contributed by atoms with Crippen LogP contribution in [0.3, 0.4) is 0 Å². The van der Waals surface area contributed by atoms with Crippen molar-refractivity contribution in [2.75, 3.05) is 26.9 Å². The van der Waals surface area contributed by atoms with Crippen LogP contribution in [-0.2, 0) is 29.0 Å². The van der Waals surface area contributed by atoms with Crippen molar-refractivity contribution in [2.45, 2.75) is 18.3 Å². The van der Waals surface area contributed by atoms with E-state index in [1.165, 1.54) is 0 Å². The molecule has 0 aliphatic carbocycles. The second-order valence-electron chi connectivity index (χ2n) is 6.09. The summed E-state index contributed by atoms with van der Waals surface area (Å²) in [5, 5.41) is 54.3. The van der Waals surface area contributed by atoms with E-state index in [2.05, 4.69) is 9.78 Å². The van der Waals surface area contributed by atoms with Gasteiger partial charge < -0.3 is 44.8 Å². The molecule has 0 spiro atoms. The van der Waals surface area contributed by atoms with Crippen molar-refractivity contribution in [2.24, 2.45) is 0 Å². The minimum atomic E-state index is -1.97. The molecule has 35 heavy (non-hydrogen) atoms. The van der Waals surface area contributed by atoms with Crippen LogP contribution in [0.1, 0.15) is 5.56 Å². The molecule has 3 unspecified atom stereocenters. The molecule has 0 heterocycles. The van der Waals surface area contributed by atoms with E-state index < -0.39 is 79.3 Å². The summed E-state index contributed by atoms with van der Waals surface area (Å²) in [5.41, 5.74) is -0.114. The minimum absolute atomic E-state index is 0. The van der Waals surface area contributed by atoms with Gasteiger partial charge in [-0.15, -0.1) is 0 Å². The summed E-state index contributed by atoms with van der Waals surface area (Å²) < 4.78 is 14.9. The first-order chi connectivity index (χ1) is 16.1. The number of carbonyl (C=O) groups excluding carboxylic acids is 4. The van der Waals surface area contributed by atoms with Crippen LogP contribution in [0.25, 0.3) is 6.08 Å². The Labute approximate surface area is 219 Å². The van der Waals surface area contributed by atoms with Crippen LogP contribution >= 0.6 is 0 Å². The van der Waals surface area contributed by atoms with Crippen molar-refractivity contribution < 1.29 is 73.8 Å². The summed E-state index contributed by atoms with van der Waals surface area (Å²) in [6, 6.07) is 2.24. The van der Waals surface area contributed by atoms with Gasteiger partial charge in [-0.25, -0.2) is 29.0 Å². The number of aliphatic hydroxyl groups excluding tert-OH is 6. The van der Waals surface area contributed by atoms with Gasteiger partial charge in [0.05, 0.1) is 26.9 Å².